The number of H-pyrrole nitrogens is 1. The van der Waals surface area contributed by atoms with Gasteiger partial charge in [-0.1, -0.05) is 18.2 Å². The topological polar surface area (TPSA) is 54.5 Å². The average Bonchev–Trinajstić information content (AvgIpc) is 2.89. The van der Waals surface area contributed by atoms with Gasteiger partial charge in [-0.3, -0.25) is 0 Å². The number of hydrogen-bond acceptors (Lipinski definition) is 4. The molecule has 3 aromatic rings. The van der Waals surface area contributed by atoms with Crippen LogP contribution in [0, 0.1) is 0 Å². The molecular weight excluding hydrogens is 256 g/mol. The Bertz CT molecular complexity index is 670. The van der Waals surface area contributed by atoms with E-state index in [-0.39, 0.29) is 0 Å². The second-order valence-electron chi connectivity index (χ2n) is 3.94. The molecule has 94 valence electrons. The van der Waals surface area contributed by atoms with E-state index in [4.69, 9.17) is 0 Å². The molecule has 3 rings (SSSR count). The maximum Gasteiger partial charge on any atom is 0.197 e. The molecule has 0 aliphatic heterocycles. The highest BCUT2D eigenvalue weighted by molar-refractivity contribution is 7.99. The number of aromatic nitrogens is 4. The van der Waals surface area contributed by atoms with E-state index < -0.39 is 0 Å². The van der Waals surface area contributed by atoms with E-state index in [1.165, 1.54) is 4.90 Å². The van der Waals surface area contributed by atoms with E-state index in [1.807, 2.05) is 18.2 Å². The van der Waals surface area contributed by atoms with Crippen molar-refractivity contribution in [2.45, 2.75) is 4.90 Å². The maximum absolute atomic E-state index is 4.42. The lowest BCUT2D eigenvalue weighted by atomic mass is 10.2. The third-order valence-corrected chi connectivity index (χ3v) is 3.64. The van der Waals surface area contributed by atoms with Gasteiger partial charge in [0.05, 0.1) is 0 Å². The predicted molar refractivity (Wildman–Crippen MR) is 78.0 cm³/mol. The van der Waals surface area contributed by atoms with E-state index in [0.717, 1.165) is 17.1 Å². The molecule has 2 heterocycles. The number of rotatable bonds is 4. The van der Waals surface area contributed by atoms with Gasteiger partial charge < -0.3 is 4.98 Å². The Labute approximate surface area is 115 Å². The van der Waals surface area contributed by atoms with Crippen LogP contribution >= 0.6 is 11.8 Å². The summed E-state index contributed by atoms with van der Waals surface area (Å²) in [6.45, 7) is 3.72. The Balaban J connectivity index is 1.90. The molecule has 19 heavy (non-hydrogen) atoms. The first-order chi connectivity index (χ1) is 9.36. The Hall–Kier alpha value is -2.14. The van der Waals surface area contributed by atoms with Gasteiger partial charge in [0, 0.05) is 28.6 Å². The number of benzene rings is 1. The summed E-state index contributed by atoms with van der Waals surface area (Å²) >= 11 is 1.76. The van der Waals surface area contributed by atoms with Gasteiger partial charge in [-0.05, 0) is 12.1 Å². The van der Waals surface area contributed by atoms with Crippen molar-refractivity contribution in [3.05, 3.63) is 49.3 Å². The molecule has 0 spiro atoms. The molecule has 0 bridgehead atoms. The van der Waals surface area contributed by atoms with Gasteiger partial charge in [0.2, 0.25) is 0 Å². The Morgan fingerprint density at radius 2 is 1.95 bits per heavy atom. The summed E-state index contributed by atoms with van der Waals surface area (Å²) in [6.07, 6.45) is 5.19. The van der Waals surface area contributed by atoms with Gasteiger partial charge in [-0.15, -0.1) is 18.3 Å². The molecule has 0 saturated carbocycles. The Kier molecular flexibility index (Phi) is 3.29. The molecule has 0 aliphatic carbocycles. The van der Waals surface area contributed by atoms with Gasteiger partial charge in [-0.2, -0.15) is 0 Å². The van der Waals surface area contributed by atoms with Crippen LogP contribution in [0.15, 0.2) is 54.2 Å². The van der Waals surface area contributed by atoms with E-state index >= 15 is 0 Å². The molecule has 0 atom stereocenters. The normalized spacial score (nSPS) is 10.7. The summed E-state index contributed by atoms with van der Waals surface area (Å²) in [6, 6.07) is 8.25. The minimum absolute atomic E-state index is 0.641. The lowest BCUT2D eigenvalue weighted by Gasteiger charge is -2.00. The first kappa shape index (κ1) is 11.9. The number of nitrogens with zero attached hydrogens (tertiary/aromatic N) is 3. The van der Waals surface area contributed by atoms with Gasteiger partial charge in [0.15, 0.2) is 11.3 Å². The van der Waals surface area contributed by atoms with Crippen LogP contribution in [-0.2, 0) is 0 Å². The van der Waals surface area contributed by atoms with Crippen molar-refractivity contribution in [2.24, 2.45) is 0 Å². The van der Waals surface area contributed by atoms with E-state index in [0.29, 0.717) is 11.3 Å². The van der Waals surface area contributed by atoms with E-state index in [2.05, 4.69) is 38.6 Å². The van der Waals surface area contributed by atoms with Crippen LogP contribution in [0.25, 0.3) is 22.7 Å². The molecule has 0 fully saturated rings. The quantitative estimate of drug-likeness (QED) is 0.582. The zero-order chi connectivity index (χ0) is 13.1. The average molecular weight is 268 g/mol. The molecule has 0 saturated heterocycles. The largest absolute Gasteiger partial charge is 0.321 e. The summed E-state index contributed by atoms with van der Waals surface area (Å²) in [4.78, 5) is 17.2. The van der Waals surface area contributed by atoms with E-state index in [1.54, 1.807) is 24.2 Å². The second-order valence-corrected chi connectivity index (χ2v) is 5.03. The number of thioether (sulfide) groups is 1. The molecule has 0 amide bonds. The lowest BCUT2D eigenvalue weighted by molar-refractivity contribution is 1.26. The van der Waals surface area contributed by atoms with Gasteiger partial charge in [0.25, 0.3) is 0 Å². The zero-order valence-corrected chi connectivity index (χ0v) is 11.0. The lowest BCUT2D eigenvalue weighted by Crippen LogP contribution is -1.81. The van der Waals surface area contributed by atoms with Crippen molar-refractivity contribution in [3.8, 4) is 11.4 Å². The maximum atomic E-state index is 4.42. The first-order valence-corrected chi connectivity index (χ1v) is 6.86. The molecular formula is C14H12N4S. The van der Waals surface area contributed by atoms with Gasteiger partial charge >= 0.3 is 0 Å². The summed E-state index contributed by atoms with van der Waals surface area (Å²) in [5.74, 6) is 1.71. The Morgan fingerprint density at radius 3 is 2.68 bits per heavy atom. The summed E-state index contributed by atoms with van der Waals surface area (Å²) in [5, 5.41) is 0. The second kappa shape index (κ2) is 5.24. The molecule has 0 unspecified atom stereocenters. The number of imidazole rings is 1. The SMILES string of the molecule is C=CCSc1ccc(-c2nc3nccnc3[nH]2)cc1. The number of fused-ring (bicyclic) bond motifs is 1. The van der Waals surface area contributed by atoms with Crippen molar-refractivity contribution >= 4 is 23.1 Å². The van der Waals surface area contributed by atoms with Crippen LogP contribution in [0.1, 0.15) is 0 Å². The van der Waals surface area contributed by atoms with Crippen LogP contribution < -0.4 is 0 Å². The van der Waals surface area contributed by atoms with Crippen LogP contribution in [0.5, 0.6) is 0 Å². The molecule has 5 heteroatoms. The smallest absolute Gasteiger partial charge is 0.197 e. The summed E-state index contributed by atoms with van der Waals surface area (Å²) in [5.41, 5.74) is 2.38. The van der Waals surface area contributed by atoms with Crippen molar-refractivity contribution in [1.29, 1.82) is 0 Å². The minimum Gasteiger partial charge on any atom is -0.321 e. The van der Waals surface area contributed by atoms with Crippen LogP contribution in [0.4, 0.5) is 0 Å². The summed E-state index contributed by atoms with van der Waals surface area (Å²) in [7, 11) is 0. The number of aromatic amines is 1. The van der Waals surface area contributed by atoms with Crippen molar-refractivity contribution < 1.29 is 0 Å². The van der Waals surface area contributed by atoms with E-state index in [9.17, 15) is 0 Å². The highest BCUT2D eigenvalue weighted by atomic mass is 32.2. The zero-order valence-electron chi connectivity index (χ0n) is 10.2. The Morgan fingerprint density at radius 1 is 1.16 bits per heavy atom. The molecule has 0 radical (unpaired) electrons. The molecule has 1 N–H and O–H groups in total. The first-order valence-electron chi connectivity index (χ1n) is 5.87. The standard InChI is InChI=1S/C14H12N4S/c1-2-9-19-11-5-3-10(4-6-11)12-17-13-14(18-12)16-8-7-15-13/h2-8H,1,9H2,(H,15,16,17,18). The van der Waals surface area contributed by atoms with Crippen LogP contribution in [-0.4, -0.2) is 25.7 Å². The minimum atomic E-state index is 0.641. The predicted octanol–water partition coefficient (Wildman–Crippen LogP) is 3.30. The number of hydrogen-bond donors (Lipinski definition) is 1. The molecule has 2 aromatic heterocycles. The molecule has 1 aromatic carbocycles. The molecule has 4 nitrogen and oxygen atoms in total. The highest BCUT2D eigenvalue weighted by Crippen LogP contribution is 2.23. The number of nitrogens with one attached hydrogen (secondary N) is 1. The van der Waals surface area contributed by atoms with Crippen molar-refractivity contribution in [1.82, 2.24) is 19.9 Å². The molecule has 0 aliphatic rings. The fraction of sp³-hybridized carbons (Fsp3) is 0.0714. The van der Waals surface area contributed by atoms with Gasteiger partial charge in [-0.25, -0.2) is 15.0 Å². The monoisotopic (exact) mass is 268 g/mol. The van der Waals surface area contributed by atoms with Crippen molar-refractivity contribution in [3.63, 3.8) is 0 Å². The van der Waals surface area contributed by atoms with Crippen molar-refractivity contribution in [2.75, 3.05) is 5.75 Å². The van der Waals surface area contributed by atoms with Gasteiger partial charge in [0.1, 0.15) is 5.82 Å². The third kappa shape index (κ3) is 2.51. The summed E-state index contributed by atoms with van der Waals surface area (Å²) < 4.78 is 0. The van der Waals surface area contributed by atoms with Crippen LogP contribution in [0.2, 0.25) is 0 Å². The van der Waals surface area contributed by atoms with Crippen LogP contribution in [0.3, 0.4) is 0 Å². The fourth-order valence-electron chi connectivity index (χ4n) is 1.75. The highest BCUT2D eigenvalue weighted by Gasteiger charge is 2.06. The fourth-order valence-corrected chi connectivity index (χ4v) is 2.39. The third-order valence-electron chi connectivity index (χ3n) is 2.63.